The van der Waals surface area contributed by atoms with Crippen LogP contribution in [0, 0.1) is 0 Å². The number of carbonyl (C=O) groups excluding carboxylic acids is 1. The van der Waals surface area contributed by atoms with Gasteiger partial charge in [-0.2, -0.15) is 9.50 Å². The number of methoxy groups -OCH3 is 1. The van der Waals surface area contributed by atoms with Gasteiger partial charge in [-0.15, -0.1) is 5.10 Å². The fourth-order valence-corrected chi connectivity index (χ4v) is 3.63. The molecule has 28 heavy (non-hydrogen) atoms. The van der Waals surface area contributed by atoms with Crippen LogP contribution >= 0.6 is 11.3 Å². The lowest BCUT2D eigenvalue weighted by Gasteiger charge is -2.04. The molecule has 4 aromatic rings. The highest BCUT2D eigenvalue weighted by Crippen LogP contribution is 2.27. The summed E-state index contributed by atoms with van der Waals surface area (Å²) in [7, 11) is 1.59. The second-order valence-electron chi connectivity index (χ2n) is 5.91. The number of aromatic nitrogens is 3. The predicted molar refractivity (Wildman–Crippen MR) is 106 cm³/mol. The van der Waals surface area contributed by atoms with Gasteiger partial charge in [0, 0.05) is 6.92 Å². The molecule has 0 aliphatic heterocycles. The first kappa shape index (κ1) is 17.9. The van der Waals surface area contributed by atoms with E-state index in [4.69, 9.17) is 9.47 Å². The Morgan fingerprint density at radius 1 is 1.18 bits per heavy atom. The fourth-order valence-electron chi connectivity index (χ4n) is 2.73. The molecule has 0 atom stereocenters. The number of ether oxygens (including phenoxy) is 2. The van der Waals surface area contributed by atoms with Gasteiger partial charge in [-0.05, 0) is 35.9 Å². The zero-order chi connectivity index (χ0) is 19.7. The van der Waals surface area contributed by atoms with E-state index in [1.807, 2.05) is 24.3 Å². The van der Waals surface area contributed by atoms with Gasteiger partial charge in [-0.25, -0.2) is 0 Å². The van der Waals surface area contributed by atoms with Crippen molar-refractivity contribution in [1.29, 1.82) is 0 Å². The summed E-state index contributed by atoms with van der Waals surface area (Å²) in [6.07, 6.45) is 1.78. The molecule has 7 nitrogen and oxygen atoms in total. The van der Waals surface area contributed by atoms with Crippen LogP contribution in [-0.4, -0.2) is 27.7 Å². The van der Waals surface area contributed by atoms with E-state index >= 15 is 0 Å². The first-order valence-electron chi connectivity index (χ1n) is 8.38. The van der Waals surface area contributed by atoms with Crippen molar-refractivity contribution in [2.45, 2.75) is 6.92 Å². The maximum atomic E-state index is 12.7. The van der Waals surface area contributed by atoms with Crippen LogP contribution in [0.3, 0.4) is 0 Å². The fraction of sp³-hybridized carbons (Fsp3) is 0.100. The SMILES string of the molecule is COc1cccc(C=c2sc3nc(-c4ccccc4OC(C)=O)nn3c2=O)c1. The molecule has 2 heterocycles. The topological polar surface area (TPSA) is 82.8 Å². The second kappa shape index (κ2) is 7.24. The zero-order valence-corrected chi connectivity index (χ0v) is 15.9. The van der Waals surface area contributed by atoms with Gasteiger partial charge in [-0.3, -0.25) is 9.59 Å². The number of thiazole rings is 1. The molecule has 2 aromatic heterocycles. The van der Waals surface area contributed by atoms with E-state index in [1.165, 1.54) is 22.8 Å². The van der Waals surface area contributed by atoms with Crippen molar-refractivity contribution < 1.29 is 14.3 Å². The molecule has 0 saturated heterocycles. The monoisotopic (exact) mass is 393 g/mol. The summed E-state index contributed by atoms with van der Waals surface area (Å²) >= 11 is 1.24. The predicted octanol–water partition coefficient (Wildman–Crippen LogP) is 2.30. The standard InChI is InChI=1S/C20H15N3O4S/c1-12(24)27-16-9-4-3-8-15(16)18-21-20-23(22-18)19(25)17(28-20)11-13-6-5-7-14(10-13)26-2/h3-11H,1-2H3. The maximum absolute atomic E-state index is 12.7. The van der Waals surface area contributed by atoms with Crippen LogP contribution in [0.25, 0.3) is 22.4 Å². The molecule has 0 spiro atoms. The van der Waals surface area contributed by atoms with E-state index in [2.05, 4.69) is 10.1 Å². The van der Waals surface area contributed by atoms with Crippen LogP contribution in [-0.2, 0) is 4.79 Å². The first-order valence-corrected chi connectivity index (χ1v) is 9.20. The zero-order valence-electron chi connectivity index (χ0n) is 15.1. The van der Waals surface area contributed by atoms with Gasteiger partial charge in [0.15, 0.2) is 5.82 Å². The van der Waals surface area contributed by atoms with Crippen LogP contribution in [0.5, 0.6) is 11.5 Å². The van der Waals surface area contributed by atoms with Crippen LogP contribution < -0.4 is 19.6 Å². The second-order valence-corrected chi connectivity index (χ2v) is 6.92. The van der Waals surface area contributed by atoms with Crippen molar-refractivity contribution >= 4 is 28.3 Å². The summed E-state index contributed by atoms with van der Waals surface area (Å²) in [5.41, 5.74) is 1.14. The Kier molecular flexibility index (Phi) is 4.62. The molecular weight excluding hydrogens is 378 g/mol. The molecule has 0 unspecified atom stereocenters. The van der Waals surface area contributed by atoms with Crippen molar-refractivity contribution in [3.8, 4) is 22.9 Å². The molecule has 4 rings (SSSR count). The molecule has 0 radical (unpaired) electrons. The number of carbonyl (C=O) groups is 1. The minimum Gasteiger partial charge on any atom is -0.497 e. The molecule has 140 valence electrons. The Bertz CT molecular complexity index is 1290. The average molecular weight is 393 g/mol. The minimum atomic E-state index is -0.437. The molecule has 0 aliphatic rings. The van der Waals surface area contributed by atoms with Gasteiger partial charge in [0.05, 0.1) is 17.2 Å². The highest BCUT2D eigenvalue weighted by Gasteiger charge is 2.16. The largest absolute Gasteiger partial charge is 0.497 e. The summed E-state index contributed by atoms with van der Waals surface area (Å²) in [5, 5.41) is 4.31. The third-order valence-electron chi connectivity index (χ3n) is 3.96. The molecule has 0 amide bonds. The van der Waals surface area contributed by atoms with Gasteiger partial charge < -0.3 is 9.47 Å². The molecular formula is C20H15N3O4S. The van der Waals surface area contributed by atoms with Gasteiger partial charge in [0.25, 0.3) is 5.56 Å². The van der Waals surface area contributed by atoms with E-state index < -0.39 is 5.97 Å². The number of benzene rings is 2. The summed E-state index contributed by atoms with van der Waals surface area (Å²) in [4.78, 5) is 28.9. The molecule has 0 bridgehead atoms. The van der Waals surface area contributed by atoms with Crippen molar-refractivity contribution in [3.63, 3.8) is 0 Å². The average Bonchev–Trinajstić information content (AvgIpc) is 3.22. The maximum Gasteiger partial charge on any atom is 0.308 e. The molecule has 0 saturated carbocycles. The Morgan fingerprint density at radius 3 is 2.75 bits per heavy atom. The number of nitrogens with zero attached hydrogens (tertiary/aromatic N) is 3. The number of hydrogen-bond acceptors (Lipinski definition) is 7. The van der Waals surface area contributed by atoms with Crippen molar-refractivity contribution in [2.24, 2.45) is 0 Å². The lowest BCUT2D eigenvalue weighted by atomic mass is 10.2. The van der Waals surface area contributed by atoms with Crippen molar-refractivity contribution in [1.82, 2.24) is 14.6 Å². The van der Waals surface area contributed by atoms with Crippen molar-refractivity contribution in [2.75, 3.05) is 7.11 Å². The smallest absolute Gasteiger partial charge is 0.308 e. The van der Waals surface area contributed by atoms with E-state index in [0.29, 0.717) is 32.4 Å². The molecule has 2 aromatic carbocycles. The summed E-state index contributed by atoms with van der Waals surface area (Å²) in [6, 6.07) is 14.4. The number of rotatable bonds is 4. The van der Waals surface area contributed by atoms with Crippen LogP contribution in [0.1, 0.15) is 12.5 Å². The van der Waals surface area contributed by atoms with Gasteiger partial charge >= 0.3 is 5.97 Å². The molecule has 0 N–H and O–H groups in total. The van der Waals surface area contributed by atoms with E-state index in [0.717, 1.165) is 5.56 Å². The van der Waals surface area contributed by atoms with Gasteiger partial charge in [-0.1, -0.05) is 35.6 Å². The number of hydrogen-bond donors (Lipinski definition) is 0. The quantitative estimate of drug-likeness (QED) is 0.391. The van der Waals surface area contributed by atoms with E-state index in [9.17, 15) is 9.59 Å². The third kappa shape index (κ3) is 3.37. The van der Waals surface area contributed by atoms with E-state index in [-0.39, 0.29) is 5.56 Å². The Balaban J connectivity index is 1.78. The van der Waals surface area contributed by atoms with Crippen molar-refractivity contribution in [3.05, 3.63) is 69.0 Å². The summed E-state index contributed by atoms with van der Waals surface area (Å²) < 4.78 is 12.2. The van der Waals surface area contributed by atoms with Crippen LogP contribution in [0.4, 0.5) is 0 Å². The highest BCUT2D eigenvalue weighted by molar-refractivity contribution is 7.15. The minimum absolute atomic E-state index is 0.258. The molecule has 8 heteroatoms. The number of esters is 1. The Morgan fingerprint density at radius 2 is 2.00 bits per heavy atom. The summed E-state index contributed by atoms with van der Waals surface area (Å²) in [6.45, 7) is 1.33. The third-order valence-corrected chi connectivity index (χ3v) is 4.91. The van der Waals surface area contributed by atoms with Crippen LogP contribution in [0.15, 0.2) is 53.3 Å². The van der Waals surface area contributed by atoms with E-state index in [1.54, 1.807) is 37.5 Å². The Labute approximate surface area is 163 Å². The number of para-hydroxylation sites is 1. The highest BCUT2D eigenvalue weighted by atomic mass is 32.1. The molecule has 0 aliphatic carbocycles. The number of fused-ring (bicyclic) bond motifs is 1. The molecule has 0 fully saturated rings. The normalized spacial score (nSPS) is 11.7. The lowest BCUT2D eigenvalue weighted by Crippen LogP contribution is -2.23. The van der Waals surface area contributed by atoms with Crippen LogP contribution in [0.2, 0.25) is 0 Å². The first-order chi connectivity index (χ1) is 13.5. The lowest BCUT2D eigenvalue weighted by molar-refractivity contribution is -0.131. The van der Waals surface area contributed by atoms with Gasteiger partial charge in [0.2, 0.25) is 4.96 Å². The Hall–Kier alpha value is -3.52. The van der Waals surface area contributed by atoms with Gasteiger partial charge in [0.1, 0.15) is 11.5 Å². The summed E-state index contributed by atoms with van der Waals surface area (Å²) in [5.74, 6) is 0.954.